The van der Waals surface area contributed by atoms with Gasteiger partial charge in [-0.05, 0) is 18.2 Å². The Kier molecular flexibility index (Phi) is 3.64. The van der Waals surface area contributed by atoms with E-state index >= 15 is 0 Å². The Morgan fingerprint density at radius 1 is 1.29 bits per heavy atom. The Morgan fingerprint density at radius 2 is 2.00 bits per heavy atom. The molecule has 1 heterocycles. The zero-order valence-corrected chi connectivity index (χ0v) is 10.3. The van der Waals surface area contributed by atoms with Crippen molar-refractivity contribution in [2.45, 2.75) is 0 Å². The van der Waals surface area contributed by atoms with Gasteiger partial charge >= 0.3 is 0 Å². The third-order valence-corrected chi connectivity index (χ3v) is 2.97. The van der Waals surface area contributed by atoms with Crippen molar-refractivity contribution in [1.29, 1.82) is 0 Å². The summed E-state index contributed by atoms with van der Waals surface area (Å²) in [6.07, 6.45) is 0.885. The number of rotatable bonds is 3. The quantitative estimate of drug-likeness (QED) is 0.740. The van der Waals surface area contributed by atoms with Crippen molar-refractivity contribution >= 4 is 17.7 Å². The van der Waals surface area contributed by atoms with Crippen molar-refractivity contribution in [3.05, 3.63) is 23.8 Å². The summed E-state index contributed by atoms with van der Waals surface area (Å²) >= 11 is 0. The van der Waals surface area contributed by atoms with Crippen LogP contribution in [0.3, 0.4) is 0 Å². The van der Waals surface area contributed by atoms with Gasteiger partial charge in [-0.1, -0.05) is 0 Å². The second kappa shape index (κ2) is 5.19. The first-order valence-corrected chi connectivity index (χ1v) is 5.81. The van der Waals surface area contributed by atoms with Crippen molar-refractivity contribution in [2.75, 3.05) is 50.2 Å². The van der Waals surface area contributed by atoms with E-state index in [0.717, 1.165) is 38.3 Å². The molecule has 0 spiro atoms. The average molecular weight is 234 g/mol. The molecule has 0 saturated carbocycles. The van der Waals surface area contributed by atoms with E-state index in [-0.39, 0.29) is 0 Å². The number of hydrogen-bond donors (Lipinski definition) is 0. The highest BCUT2D eigenvalue weighted by molar-refractivity contribution is 5.82. The minimum absolute atomic E-state index is 0.714. The minimum atomic E-state index is 0.714. The molecule has 0 N–H and O–H groups in total. The molecule has 1 saturated heterocycles. The van der Waals surface area contributed by atoms with Gasteiger partial charge < -0.3 is 14.5 Å². The number of benzene rings is 1. The molecule has 4 nitrogen and oxygen atoms in total. The van der Waals surface area contributed by atoms with E-state index in [1.807, 2.05) is 37.2 Å². The lowest BCUT2D eigenvalue weighted by Gasteiger charge is -2.32. The highest BCUT2D eigenvalue weighted by atomic mass is 16.5. The molecule has 1 aromatic rings. The summed E-state index contributed by atoms with van der Waals surface area (Å²) in [4.78, 5) is 15.2. The summed E-state index contributed by atoms with van der Waals surface area (Å²) in [5.74, 6) is 0. The number of nitrogens with zero attached hydrogens (tertiary/aromatic N) is 2. The van der Waals surface area contributed by atoms with Crippen LogP contribution in [0.15, 0.2) is 18.2 Å². The van der Waals surface area contributed by atoms with Gasteiger partial charge in [-0.15, -0.1) is 0 Å². The number of ether oxygens (including phenoxy) is 1. The van der Waals surface area contributed by atoms with Crippen molar-refractivity contribution in [1.82, 2.24) is 0 Å². The van der Waals surface area contributed by atoms with Gasteiger partial charge in [-0.2, -0.15) is 0 Å². The van der Waals surface area contributed by atoms with E-state index in [1.165, 1.54) is 5.69 Å². The zero-order chi connectivity index (χ0) is 12.3. The van der Waals surface area contributed by atoms with E-state index in [2.05, 4.69) is 4.90 Å². The summed E-state index contributed by atoms with van der Waals surface area (Å²) < 4.78 is 5.35. The predicted octanol–water partition coefficient (Wildman–Crippen LogP) is 1.40. The maximum atomic E-state index is 10.8. The lowest BCUT2D eigenvalue weighted by molar-refractivity contribution is 0.112. The number of anilines is 2. The molecule has 0 aliphatic carbocycles. The van der Waals surface area contributed by atoms with Crippen LogP contribution in [-0.4, -0.2) is 46.7 Å². The molecule has 0 atom stereocenters. The summed E-state index contributed by atoms with van der Waals surface area (Å²) in [6.45, 7) is 3.34. The first-order chi connectivity index (χ1) is 8.22. The van der Waals surface area contributed by atoms with Crippen LogP contribution in [0.1, 0.15) is 10.4 Å². The van der Waals surface area contributed by atoms with Crippen molar-refractivity contribution < 1.29 is 9.53 Å². The Balaban J connectivity index is 2.34. The van der Waals surface area contributed by atoms with E-state index in [0.29, 0.717) is 5.56 Å². The second-order valence-electron chi connectivity index (χ2n) is 4.36. The maximum absolute atomic E-state index is 10.8. The van der Waals surface area contributed by atoms with E-state index in [1.54, 1.807) is 0 Å². The Bertz CT molecular complexity index is 398. The Hall–Kier alpha value is -1.55. The van der Waals surface area contributed by atoms with Crippen LogP contribution in [-0.2, 0) is 4.74 Å². The van der Waals surface area contributed by atoms with Gasteiger partial charge in [0.2, 0.25) is 0 Å². The molecule has 0 unspecified atom stereocenters. The third kappa shape index (κ3) is 2.58. The van der Waals surface area contributed by atoms with Crippen LogP contribution < -0.4 is 9.80 Å². The molecule has 17 heavy (non-hydrogen) atoms. The molecule has 1 aliphatic heterocycles. The van der Waals surface area contributed by atoms with Crippen molar-refractivity contribution in [3.63, 3.8) is 0 Å². The number of morpholine rings is 1. The fraction of sp³-hybridized carbons (Fsp3) is 0.462. The smallest absolute Gasteiger partial charge is 0.150 e. The average Bonchev–Trinajstić information content (AvgIpc) is 2.39. The molecule has 1 aliphatic rings. The molecule has 4 heteroatoms. The van der Waals surface area contributed by atoms with Crippen LogP contribution in [0.25, 0.3) is 0 Å². The molecular formula is C13H18N2O2. The van der Waals surface area contributed by atoms with E-state index < -0.39 is 0 Å². The van der Waals surface area contributed by atoms with E-state index in [4.69, 9.17) is 4.74 Å². The van der Waals surface area contributed by atoms with Gasteiger partial charge in [0.15, 0.2) is 0 Å². The number of carbonyl (C=O) groups excluding carboxylic acids is 1. The number of aldehydes is 1. The summed E-state index contributed by atoms with van der Waals surface area (Å²) in [7, 11) is 3.99. The summed E-state index contributed by atoms with van der Waals surface area (Å²) in [5, 5.41) is 0. The summed E-state index contributed by atoms with van der Waals surface area (Å²) in [5.41, 5.74) is 2.96. The van der Waals surface area contributed by atoms with Crippen LogP contribution >= 0.6 is 0 Å². The summed E-state index contributed by atoms with van der Waals surface area (Å²) in [6, 6.07) is 5.81. The van der Waals surface area contributed by atoms with Crippen LogP contribution in [0, 0.1) is 0 Å². The Morgan fingerprint density at radius 3 is 2.59 bits per heavy atom. The number of carbonyl (C=O) groups is 1. The third-order valence-electron chi connectivity index (χ3n) is 2.97. The predicted molar refractivity (Wildman–Crippen MR) is 69.2 cm³/mol. The lowest BCUT2D eigenvalue weighted by Crippen LogP contribution is -2.37. The first kappa shape index (κ1) is 11.9. The van der Waals surface area contributed by atoms with Gasteiger partial charge in [0, 0.05) is 32.7 Å². The fourth-order valence-corrected chi connectivity index (χ4v) is 2.04. The standard InChI is InChI=1S/C13H18N2O2/c1-14(2)13-9-11(10-16)3-4-12(13)15-5-7-17-8-6-15/h3-4,9-10H,5-8H2,1-2H3. The molecule has 1 fully saturated rings. The Labute approximate surface area is 102 Å². The monoisotopic (exact) mass is 234 g/mol. The first-order valence-electron chi connectivity index (χ1n) is 5.81. The normalized spacial score (nSPS) is 15.8. The van der Waals surface area contributed by atoms with Gasteiger partial charge in [-0.3, -0.25) is 4.79 Å². The van der Waals surface area contributed by atoms with Gasteiger partial charge in [-0.25, -0.2) is 0 Å². The molecular weight excluding hydrogens is 216 g/mol. The van der Waals surface area contributed by atoms with Gasteiger partial charge in [0.1, 0.15) is 6.29 Å². The minimum Gasteiger partial charge on any atom is -0.378 e. The molecule has 0 radical (unpaired) electrons. The zero-order valence-electron chi connectivity index (χ0n) is 10.3. The van der Waals surface area contributed by atoms with Crippen molar-refractivity contribution in [3.8, 4) is 0 Å². The fourth-order valence-electron chi connectivity index (χ4n) is 2.04. The number of hydrogen-bond acceptors (Lipinski definition) is 4. The van der Waals surface area contributed by atoms with Crippen LogP contribution in [0.5, 0.6) is 0 Å². The van der Waals surface area contributed by atoms with Crippen LogP contribution in [0.4, 0.5) is 11.4 Å². The van der Waals surface area contributed by atoms with Gasteiger partial charge in [0.25, 0.3) is 0 Å². The SMILES string of the molecule is CN(C)c1cc(C=O)ccc1N1CCOCC1. The van der Waals surface area contributed by atoms with Gasteiger partial charge in [0.05, 0.1) is 24.6 Å². The molecule has 0 amide bonds. The molecule has 2 rings (SSSR count). The van der Waals surface area contributed by atoms with Crippen LogP contribution in [0.2, 0.25) is 0 Å². The highest BCUT2D eigenvalue weighted by Gasteiger charge is 2.15. The molecule has 92 valence electrons. The topological polar surface area (TPSA) is 32.8 Å². The van der Waals surface area contributed by atoms with E-state index in [9.17, 15) is 4.79 Å². The molecule has 0 bridgehead atoms. The maximum Gasteiger partial charge on any atom is 0.150 e. The lowest BCUT2D eigenvalue weighted by atomic mass is 10.1. The second-order valence-corrected chi connectivity index (χ2v) is 4.36. The highest BCUT2D eigenvalue weighted by Crippen LogP contribution is 2.29. The van der Waals surface area contributed by atoms with Crippen molar-refractivity contribution in [2.24, 2.45) is 0 Å². The largest absolute Gasteiger partial charge is 0.378 e. The molecule has 0 aromatic heterocycles. The molecule has 1 aromatic carbocycles.